The summed E-state index contributed by atoms with van der Waals surface area (Å²) in [6.07, 6.45) is 7.05. The van der Waals surface area contributed by atoms with Gasteiger partial charge in [-0.25, -0.2) is 9.97 Å². The van der Waals surface area contributed by atoms with Crippen LogP contribution in [0.2, 0.25) is 0 Å². The monoisotopic (exact) mass is 318 g/mol. The van der Waals surface area contributed by atoms with Crippen LogP contribution in [0.3, 0.4) is 0 Å². The topological polar surface area (TPSA) is 50.7 Å². The predicted octanol–water partition coefficient (Wildman–Crippen LogP) is 1.18. The van der Waals surface area contributed by atoms with E-state index in [4.69, 9.17) is 9.47 Å². The molecule has 3 saturated heterocycles. The van der Waals surface area contributed by atoms with Gasteiger partial charge in [-0.05, 0) is 31.2 Å². The van der Waals surface area contributed by atoms with Crippen LogP contribution >= 0.6 is 0 Å². The summed E-state index contributed by atoms with van der Waals surface area (Å²) in [6.45, 7) is 7.89. The van der Waals surface area contributed by atoms with Crippen molar-refractivity contribution in [3.63, 3.8) is 0 Å². The van der Waals surface area contributed by atoms with Gasteiger partial charge in [-0.3, -0.25) is 0 Å². The largest absolute Gasteiger partial charge is 0.381 e. The van der Waals surface area contributed by atoms with Crippen molar-refractivity contribution in [1.29, 1.82) is 0 Å². The summed E-state index contributed by atoms with van der Waals surface area (Å²) in [5.41, 5.74) is -0.0138. The predicted molar refractivity (Wildman–Crippen MR) is 87.5 cm³/mol. The van der Waals surface area contributed by atoms with Gasteiger partial charge in [-0.2, -0.15) is 0 Å². The molecule has 1 atom stereocenters. The van der Waals surface area contributed by atoms with E-state index in [0.717, 1.165) is 70.7 Å². The van der Waals surface area contributed by atoms with Crippen LogP contribution in [0.5, 0.6) is 0 Å². The van der Waals surface area contributed by atoms with Crippen molar-refractivity contribution < 1.29 is 9.47 Å². The molecule has 0 aliphatic carbocycles. The minimum Gasteiger partial charge on any atom is -0.381 e. The normalized spacial score (nSPS) is 28.3. The third-order valence-corrected chi connectivity index (χ3v) is 5.39. The highest BCUT2D eigenvalue weighted by atomic mass is 16.5. The first kappa shape index (κ1) is 15.3. The molecule has 0 saturated carbocycles. The van der Waals surface area contributed by atoms with Crippen molar-refractivity contribution in [1.82, 2.24) is 14.9 Å². The highest BCUT2D eigenvalue weighted by molar-refractivity contribution is 5.30. The quantitative estimate of drug-likeness (QED) is 0.834. The Morgan fingerprint density at radius 2 is 1.96 bits per heavy atom. The smallest absolute Gasteiger partial charge is 0.225 e. The lowest BCUT2D eigenvalue weighted by Gasteiger charge is -2.47. The van der Waals surface area contributed by atoms with Gasteiger partial charge in [0.05, 0.1) is 25.4 Å². The van der Waals surface area contributed by atoms with Crippen molar-refractivity contribution in [2.45, 2.75) is 24.9 Å². The molecule has 3 aliphatic heterocycles. The van der Waals surface area contributed by atoms with Gasteiger partial charge in [-0.15, -0.1) is 0 Å². The van der Waals surface area contributed by atoms with E-state index in [0.29, 0.717) is 0 Å². The van der Waals surface area contributed by atoms with Crippen molar-refractivity contribution >= 4 is 5.95 Å². The molecule has 3 fully saturated rings. The van der Waals surface area contributed by atoms with E-state index in [9.17, 15) is 0 Å². The van der Waals surface area contributed by atoms with Crippen LogP contribution in [0.25, 0.3) is 0 Å². The number of hydrogen-bond donors (Lipinski definition) is 0. The van der Waals surface area contributed by atoms with Gasteiger partial charge >= 0.3 is 0 Å². The maximum Gasteiger partial charge on any atom is 0.225 e. The summed E-state index contributed by atoms with van der Waals surface area (Å²) >= 11 is 0. The van der Waals surface area contributed by atoms with Crippen molar-refractivity contribution in [2.75, 3.05) is 57.4 Å². The molecular formula is C17H26N4O2. The second-order valence-corrected chi connectivity index (χ2v) is 7.03. The first-order valence-corrected chi connectivity index (χ1v) is 8.79. The molecule has 126 valence electrons. The van der Waals surface area contributed by atoms with Crippen molar-refractivity contribution in [2.24, 2.45) is 5.92 Å². The molecule has 6 heteroatoms. The number of rotatable bonds is 3. The molecule has 1 aromatic rings. The van der Waals surface area contributed by atoms with Crippen molar-refractivity contribution in [3.05, 3.63) is 18.5 Å². The molecule has 0 amide bonds. The average Bonchev–Trinajstić information content (AvgIpc) is 3.11. The number of ether oxygens (including phenoxy) is 2. The number of piperidine rings is 1. The molecule has 0 N–H and O–H groups in total. The lowest BCUT2D eigenvalue weighted by atomic mass is 9.89. The van der Waals surface area contributed by atoms with Gasteiger partial charge < -0.3 is 19.3 Å². The Balaban J connectivity index is 1.34. The maximum atomic E-state index is 6.23. The van der Waals surface area contributed by atoms with Gasteiger partial charge in [0.15, 0.2) is 0 Å². The molecular weight excluding hydrogens is 292 g/mol. The lowest BCUT2D eigenvalue weighted by Crippen LogP contribution is -2.57. The van der Waals surface area contributed by atoms with Crippen LogP contribution in [0.15, 0.2) is 18.5 Å². The molecule has 23 heavy (non-hydrogen) atoms. The van der Waals surface area contributed by atoms with E-state index >= 15 is 0 Å². The number of nitrogens with zero attached hydrogens (tertiary/aromatic N) is 4. The van der Waals surface area contributed by atoms with Crippen LogP contribution in [0.1, 0.15) is 19.3 Å². The molecule has 6 nitrogen and oxygen atoms in total. The zero-order valence-corrected chi connectivity index (χ0v) is 13.7. The fraction of sp³-hybridized carbons (Fsp3) is 0.765. The standard InChI is InChI=1S/C17H26N4O2/c1-5-18-16(19-6-1)21-9-11-23-17(14-21)3-7-20(8-4-17)12-15-2-10-22-13-15/h1,5-6,15H,2-4,7-14H2. The summed E-state index contributed by atoms with van der Waals surface area (Å²) in [5, 5.41) is 0. The van der Waals surface area contributed by atoms with Gasteiger partial charge in [0.25, 0.3) is 0 Å². The molecule has 1 unspecified atom stereocenters. The Bertz CT molecular complexity index is 499. The average molecular weight is 318 g/mol. The summed E-state index contributed by atoms with van der Waals surface area (Å²) in [6, 6.07) is 1.87. The molecule has 0 radical (unpaired) electrons. The molecule has 1 spiro atoms. The number of anilines is 1. The Labute approximate surface area is 137 Å². The van der Waals surface area contributed by atoms with Gasteiger partial charge in [0.1, 0.15) is 0 Å². The second kappa shape index (κ2) is 6.71. The number of likely N-dealkylation sites (tertiary alicyclic amines) is 1. The van der Waals surface area contributed by atoms with Gasteiger partial charge in [0, 0.05) is 45.2 Å². The maximum absolute atomic E-state index is 6.23. The minimum atomic E-state index is -0.0138. The fourth-order valence-electron chi connectivity index (χ4n) is 4.01. The first-order chi connectivity index (χ1) is 11.3. The van der Waals surface area contributed by atoms with E-state index in [-0.39, 0.29) is 5.60 Å². The van der Waals surface area contributed by atoms with Crippen LogP contribution in [-0.4, -0.2) is 73.0 Å². The van der Waals surface area contributed by atoms with E-state index in [2.05, 4.69) is 19.8 Å². The van der Waals surface area contributed by atoms with Gasteiger partial charge in [-0.1, -0.05) is 0 Å². The Kier molecular flexibility index (Phi) is 4.46. The zero-order chi connectivity index (χ0) is 15.5. The molecule has 4 heterocycles. The van der Waals surface area contributed by atoms with Crippen LogP contribution in [-0.2, 0) is 9.47 Å². The molecule has 3 aliphatic rings. The minimum absolute atomic E-state index is 0.0138. The SMILES string of the molecule is c1cnc(N2CCOC3(CCN(CC4CCOC4)CC3)C2)nc1. The Morgan fingerprint density at radius 3 is 2.70 bits per heavy atom. The molecule has 0 aromatic carbocycles. The summed E-state index contributed by atoms with van der Waals surface area (Å²) < 4.78 is 11.7. The molecule has 4 rings (SSSR count). The number of aromatic nitrogens is 2. The number of hydrogen-bond acceptors (Lipinski definition) is 6. The summed E-state index contributed by atoms with van der Waals surface area (Å²) in [7, 11) is 0. The van der Waals surface area contributed by atoms with Crippen LogP contribution in [0, 0.1) is 5.92 Å². The molecule has 0 bridgehead atoms. The third-order valence-electron chi connectivity index (χ3n) is 5.39. The van der Waals surface area contributed by atoms with Gasteiger partial charge in [0.2, 0.25) is 5.95 Å². The highest BCUT2D eigenvalue weighted by Crippen LogP contribution is 2.31. The van der Waals surface area contributed by atoms with Crippen LogP contribution < -0.4 is 4.90 Å². The first-order valence-electron chi connectivity index (χ1n) is 8.79. The van der Waals surface area contributed by atoms with Crippen LogP contribution in [0.4, 0.5) is 5.95 Å². The molecule has 1 aromatic heterocycles. The Hall–Kier alpha value is -1.24. The van der Waals surface area contributed by atoms with E-state index in [1.807, 2.05) is 18.5 Å². The zero-order valence-electron chi connectivity index (χ0n) is 13.7. The van der Waals surface area contributed by atoms with E-state index in [1.165, 1.54) is 13.0 Å². The lowest BCUT2D eigenvalue weighted by molar-refractivity contribution is -0.0926. The number of morpholine rings is 1. The van der Waals surface area contributed by atoms with Crippen molar-refractivity contribution in [3.8, 4) is 0 Å². The second-order valence-electron chi connectivity index (χ2n) is 7.03. The fourth-order valence-corrected chi connectivity index (χ4v) is 4.01. The third kappa shape index (κ3) is 3.49. The highest BCUT2D eigenvalue weighted by Gasteiger charge is 2.40. The van der Waals surface area contributed by atoms with E-state index < -0.39 is 0 Å². The van der Waals surface area contributed by atoms with E-state index in [1.54, 1.807) is 0 Å². The summed E-state index contributed by atoms with van der Waals surface area (Å²) in [5.74, 6) is 1.56. The summed E-state index contributed by atoms with van der Waals surface area (Å²) in [4.78, 5) is 13.7. The Morgan fingerprint density at radius 1 is 1.13 bits per heavy atom.